The maximum atomic E-state index is 12.7. The van der Waals surface area contributed by atoms with Gasteiger partial charge in [-0.3, -0.25) is 9.59 Å². The molecule has 2 aliphatic carbocycles. The van der Waals surface area contributed by atoms with Gasteiger partial charge in [-0.15, -0.1) is 0 Å². The number of amides is 2. The standard InChI is InChI=1S/C20H29N3O3/c1-20(2,3)16(10-17(21)24)23-18(25)15-9-8-14(13-6-7-13)19(22-15)26-11-12-4-5-12/h8-9,12-13,16H,4-7,10-11H2,1-3H3,(H2,21,24)(H,23,25)/t16-/m1/s1. The van der Waals surface area contributed by atoms with Crippen LogP contribution >= 0.6 is 0 Å². The second-order valence-electron chi connectivity index (χ2n) is 8.68. The van der Waals surface area contributed by atoms with Crippen molar-refractivity contribution in [2.45, 2.75) is 64.8 Å². The predicted molar refractivity (Wildman–Crippen MR) is 99.0 cm³/mol. The van der Waals surface area contributed by atoms with Gasteiger partial charge in [-0.2, -0.15) is 0 Å². The monoisotopic (exact) mass is 359 g/mol. The number of ether oxygens (including phenoxy) is 1. The average molecular weight is 359 g/mol. The van der Waals surface area contributed by atoms with E-state index in [4.69, 9.17) is 10.5 Å². The molecule has 0 radical (unpaired) electrons. The Bertz CT molecular complexity index is 688. The maximum Gasteiger partial charge on any atom is 0.270 e. The molecule has 142 valence electrons. The van der Waals surface area contributed by atoms with Crippen LogP contribution in [-0.2, 0) is 4.79 Å². The lowest BCUT2D eigenvalue weighted by Gasteiger charge is -2.30. The van der Waals surface area contributed by atoms with Crippen LogP contribution in [0.5, 0.6) is 5.88 Å². The van der Waals surface area contributed by atoms with Crippen LogP contribution in [0.2, 0.25) is 0 Å². The fourth-order valence-corrected chi connectivity index (χ4v) is 2.89. The molecule has 2 fully saturated rings. The number of hydrogen-bond acceptors (Lipinski definition) is 4. The highest BCUT2D eigenvalue weighted by molar-refractivity contribution is 5.93. The molecule has 2 amide bonds. The summed E-state index contributed by atoms with van der Waals surface area (Å²) in [6.07, 6.45) is 4.81. The summed E-state index contributed by atoms with van der Waals surface area (Å²) in [5, 5.41) is 2.92. The Balaban J connectivity index is 1.74. The molecule has 0 bridgehead atoms. The lowest BCUT2D eigenvalue weighted by molar-refractivity contribution is -0.119. The molecular formula is C20H29N3O3. The summed E-state index contributed by atoms with van der Waals surface area (Å²) in [4.78, 5) is 28.5. The predicted octanol–water partition coefficient (Wildman–Crippen LogP) is 2.77. The minimum absolute atomic E-state index is 0.0977. The molecule has 1 aromatic rings. The van der Waals surface area contributed by atoms with E-state index in [1.54, 1.807) is 6.07 Å². The van der Waals surface area contributed by atoms with Crippen molar-refractivity contribution in [2.75, 3.05) is 6.61 Å². The van der Waals surface area contributed by atoms with Crippen LogP contribution in [0.15, 0.2) is 12.1 Å². The van der Waals surface area contributed by atoms with E-state index < -0.39 is 5.91 Å². The van der Waals surface area contributed by atoms with Gasteiger partial charge in [-0.1, -0.05) is 26.8 Å². The summed E-state index contributed by atoms with van der Waals surface area (Å²) in [6, 6.07) is 3.35. The van der Waals surface area contributed by atoms with Crippen molar-refractivity contribution in [2.24, 2.45) is 17.1 Å². The highest BCUT2D eigenvalue weighted by atomic mass is 16.5. The van der Waals surface area contributed by atoms with Crippen LogP contribution in [0.4, 0.5) is 0 Å². The first-order valence-electron chi connectivity index (χ1n) is 9.47. The lowest BCUT2D eigenvalue weighted by atomic mass is 9.84. The molecule has 3 rings (SSSR count). The molecular weight excluding hydrogens is 330 g/mol. The van der Waals surface area contributed by atoms with E-state index in [-0.39, 0.29) is 23.8 Å². The molecule has 1 atom stereocenters. The van der Waals surface area contributed by atoms with Crippen molar-refractivity contribution in [3.8, 4) is 5.88 Å². The molecule has 6 nitrogen and oxygen atoms in total. The molecule has 0 aromatic carbocycles. The molecule has 0 unspecified atom stereocenters. The van der Waals surface area contributed by atoms with Crippen LogP contribution < -0.4 is 15.8 Å². The first-order chi connectivity index (χ1) is 12.2. The third kappa shape index (κ3) is 4.96. The van der Waals surface area contributed by atoms with E-state index in [0.29, 0.717) is 30.0 Å². The van der Waals surface area contributed by atoms with Gasteiger partial charge in [0.05, 0.1) is 6.61 Å². The zero-order valence-electron chi connectivity index (χ0n) is 15.9. The molecule has 2 aliphatic rings. The molecule has 2 saturated carbocycles. The molecule has 1 aromatic heterocycles. The summed E-state index contributed by atoms with van der Waals surface area (Å²) < 4.78 is 5.92. The van der Waals surface area contributed by atoms with Gasteiger partial charge in [0.2, 0.25) is 11.8 Å². The Morgan fingerprint density at radius 3 is 2.50 bits per heavy atom. The molecule has 26 heavy (non-hydrogen) atoms. The van der Waals surface area contributed by atoms with Crippen LogP contribution in [0.25, 0.3) is 0 Å². The first kappa shape index (κ1) is 18.7. The highest BCUT2D eigenvalue weighted by Crippen LogP contribution is 2.44. The number of rotatable bonds is 8. The maximum absolute atomic E-state index is 12.7. The topological polar surface area (TPSA) is 94.3 Å². The van der Waals surface area contributed by atoms with Crippen molar-refractivity contribution in [1.82, 2.24) is 10.3 Å². The molecule has 3 N–H and O–H groups in total. The molecule has 6 heteroatoms. The zero-order chi connectivity index (χ0) is 18.9. The smallest absolute Gasteiger partial charge is 0.270 e. The second kappa shape index (κ2) is 7.25. The fraction of sp³-hybridized carbons (Fsp3) is 0.650. The number of nitrogens with zero attached hydrogens (tertiary/aromatic N) is 1. The van der Waals surface area contributed by atoms with Gasteiger partial charge in [0.15, 0.2) is 0 Å². The third-order valence-corrected chi connectivity index (χ3v) is 5.05. The summed E-state index contributed by atoms with van der Waals surface area (Å²) in [5.74, 6) is 0.989. The van der Waals surface area contributed by atoms with Gasteiger partial charge in [-0.05, 0) is 49.0 Å². The van der Waals surface area contributed by atoms with E-state index in [1.165, 1.54) is 12.8 Å². The minimum atomic E-state index is -0.435. The number of carbonyl (C=O) groups excluding carboxylic acids is 2. The Hall–Kier alpha value is -2.11. The van der Waals surface area contributed by atoms with Crippen molar-refractivity contribution >= 4 is 11.8 Å². The number of nitrogens with two attached hydrogens (primary N) is 1. The Labute approximate surface area is 154 Å². The van der Waals surface area contributed by atoms with Gasteiger partial charge in [0, 0.05) is 18.0 Å². The second-order valence-corrected chi connectivity index (χ2v) is 8.68. The van der Waals surface area contributed by atoms with Gasteiger partial charge >= 0.3 is 0 Å². The average Bonchev–Trinajstić information content (AvgIpc) is 3.45. The highest BCUT2D eigenvalue weighted by Gasteiger charge is 2.31. The van der Waals surface area contributed by atoms with Gasteiger partial charge in [-0.25, -0.2) is 4.98 Å². The third-order valence-electron chi connectivity index (χ3n) is 5.05. The van der Waals surface area contributed by atoms with Gasteiger partial charge < -0.3 is 15.8 Å². The fourth-order valence-electron chi connectivity index (χ4n) is 2.89. The summed E-state index contributed by atoms with van der Waals surface area (Å²) in [6.45, 7) is 6.57. The van der Waals surface area contributed by atoms with Gasteiger partial charge in [0.1, 0.15) is 5.69 Å². The quantitative estimate of drug-likeness (QED) is 0.746. The minimum Gasteiger partial charge on any atom is -0.477 e. The van der Waals surface area contributed by atoms with E-state index in [0.717, 1.165) is 18.4 Å². The van der Waals surface area contributed by atoms with Crippen LogP contribution in [-0.4, -0.2) is 29.4 Å². The Morgan fingerprint density at radius 2 is 1.96 bits per heavy atom. The van der Waals surface area contributed by atoms with Crippen molar-refractivity contribution in [1.29, 1.82) is 0 Å². The number of hydrogen-bond donors (Lipinski definition) is 2. The van der Waals surface area contributed by atoms with E-state index >= 15 is 0 Å². The van der Waals surface area contributed by atoms with Crippen molar-refractivity contribution < 1.29 is 14.3 Å². The Morgan fingerprint density at radius 1 is 1.27 bits per heavy atom. The van der Waals surface area contributed by atoms with Crippen LogP contribution in [0, 0.1) is 11.3 Å². The Kier molecular flexibility index (Phi) is 5.21. The van der Waals surface area contributed by atoms with E-state index in [1.807, 2.05) is 26.8 Å². The lowest BCUT2D eigenvalue weighted by Crippen LogP contribution is -2.46. The molecule has 0 spiro atoms. The molecule has 0 saturated heterocycles. The SMILES string of the molecule is CC(C)(C)[C@@H](CC(N)=O)NC(=O)c1ccc(C2CC2)c(OCC2CC2)n1. The van der Waals surface area contributed by atoms with E-state index in [9.17, 15) is 9.59 Å². The number of nitrogens with one attached hydrogen (secondary N) is 1. The number of primary amides is 1. The number of carbonyl (C=O) groups is 2. The summed E-state index contributed by atoms with van der Waals surface area (Å²) in [5.41, 5.74) is 6.47. The van der Waals surface area contributed by atoms with Crippen LogP contribution in [0.3, 0.4) is 0 Å². The first-order valence-corrected chi connectivity index (χ1v) is 9.47. The number of pyridine rings is 1. The van der Waals surface area contributed by atoms with Gasteiger partial charge in [0.25, 0.3) is 5.91 Å². The van der Waals surface area contributed by atoms with Crippen molar-refractivity contribution in [3.05, 3.63) is 23.4 Å². The summed E-state index contributed by atoms with van der Waals surface area (Å²) >= 11 is 0. The largest absolute Gasteiger partial charge is 0.477 e. The van der Waals surface area contributed by atoms with E-state index in [2.05, 4.69) is 10.3 Å². The molecule has 0 aliphatic heterocycles. The zero-order valence-corrected chi connectivity index (χ0v) is 15.9. The molecule has 1 heterocycles. The van der Waals surface area contributed by atoms with Crippen LogP contribution in [0.1, 0.15) is 74.8 Å². The number of aromatic nitrogens is 1. The summed E-state index contributed by atoms with van der Waals surface area (Å²) in [7, 11) is 0. The van der Waals surface area contributed by atoms with Crippen molar-refractivity contribution in [3.63, 3.8) is 0 Å². The normalized spacial score (nSPS) is 18.3.